The molecule has 1 unspecified atom stereocenters. The maximum atomic E-state index is 8.72. The average molecular weight is 246 g/mol. The molecule has 0 spiro atoms. The van der Waals surface area contributed by atoms with Gasteiger partial charge < -0.3 is 9.84 Å². The zero-order valence-corrected chi connectivity index (χ0v) is 11.3. The van der Waals surface area contributed by atoms with Crippen LogP contribution in [0.3, 0.4) is 0 Å². The lowest BCUT2D eigenvalue weighted by Gasteiger charge is -2.12. The summed E-state index contributed by atoms with van der Waals surface area (Å²) < 4.78 is 5.80. The zero-order chi connectivity index (χ0) is 13.2. The molecule has 0 heterocycles. The molecule has 0 amide bonds. The summed E-state index contributed by atoms with van der Waals surface area (Å²) in [7, 11) is 0. The first kappa shape index (κ1) is 14.8. The molecule has 0 aromatic heterocycles. The van der Waals surface area contributed by atoms with Gasteiger partial charge in [-0.15, -0.1) is 0 Å². The fourth-order valence-electron chi connectivity index (χ4n) is 1.70. The Balaban J connectivity index is 2.62. The number of aliphatic hydroxyl groups is 1. The van der Waals surface area contributed by atoms with Gasteiger partial charge in [0, 0.05) is 12.0 Å². The highest BCUT2D eigenvalue weighted by Crippen LogP contribution is 2.11. The van der Waals surface area contributed by atoms with Gasteiger partial charge in [0.25, 0.3) is 0 Å². The summed E-state index contributed by atoms with van der Waals surface area (Å²) in [6.07, 6.45) is 3.02. The van der Waals surface area contributed by atoms with Crippen LogP contribution < -0.4 is 0 Å². The van der Waals surface area contributed by atoms with E-state index in [2.05, 4.69) is 25.7 Å². The minimum absolute atomic E-state index is 0.110. The molecule has 1 aromatic carbocycles. The van der Waals surface area contributed by atoms with Gasteiger partial charge in [-0.1, -0.05) is 43.4 Å². The molecule has 1 aromatic rings. The number of rotatable bonds is 6. The van der Waals surface area contributed by atoms with E-state index in [9.17, 15) is 0 Å². The van der Waals surface area contributed by atoms with E-state index in [1.54, 1.807) is 0 Å². The molecule has 98 valence electrons. The summed E-state index contributed by atoms with van der Waals surface area (Å²) in [4.78, 5) is 0. The topological polar surface area (TPSA) is 29.5 Å². The van der Waals surface area contributed by atoms with Crippen LogP contribution in [-0.4, -0.2) is 17.8 Å². The fraction of sp³-hybridized carbons (Fsp3) is 0.500. The molecule has 0 aliphatic rings. The first-order valence-corrected chi connectivity index (χ1v) is 6.57. The predicted molar refractivity (Wildman–Crippen MR) is 74.2 cm³/mol. The van der Waals surface area contributed by atoms with Gasteiger partial charge in [0.05, 0.1) is 19.3 Å². The SMILES string of the molecule is CCCC(C)OCc1ccccc1C#CCCO. The molecule has 2 heteroatoms. The number of benzene rings is 1. The highest BCUT2D eigenvalue weighted by atomic mass is 16.5. The Hall–Kier alpha value is -1.30. The van der Waals surface area contributed by atoms with Crippen molar-refractivity contribution in [3.8, 4) is 11.8 Å². The molecule has 2 nitrogen and oxygen atoms in total. The third-order valence-electron chi connectivity index (χ3n) is 2.70. The Bertz CT molecular complexity index is 401. The van der Waals surface area contributed by atoms with Gasteiger partial charge in [0.1, 0.15) is 0 Å². The normalized spacial score (nSPS) is 11.7. The van der Waals surface area contributed by atoms with E-state index in [-0.39, 0.29) is 12.7 Å². The lowest BCUT2D eigenvalue weighted by atomic mass is 10.1. The molecule has 18 heavy (non-hydrogen) atoms. The molecule has 0 fully saturated rings. The van der Waals surface area contributed by atoms with Crippen LogP contribution in [0, 0.1) is 11.8 Å². The molecule has 1 N–H and O–H groups in total. The van der Waals surface area contributed by atoms with Gasteiger partial charge >= 0.3 is 0 Å². The van der Waals surface area contributed by atoms with Crippen LogP contribution in [0.4, 0.5) is 0 Å². The van der Waals surface area contributed by atoms with Gasteiger partial charge in [-0.05, 0) is 25.0 Å². The van der Waals surface area contributed by atoms with Crippen molar-refractivity contribution < 1.29 is 9.84 Å². The number of hydrogen-bond donors (Lipinski definition) is 1. The van der Waals surface area contributed by atoms with Gasteiger partial charge in [0.15, 0.2) is 0 Å². The van der Waals surface area contributed by atoms with E-state index in [4.69, 9.17) is 9.84 Å². The Morgan fingerprint density at radius 1 is 1.33 bits per heavy atom. The van der Waals surface area contributed by atoms with Crippen molar-refractivity contribution in [3.63, 3.8) is 0 Å². The lowest BCUT2D eigenvalue weighted by molar-refractivity contribution is 0.0471. The molecule has 0 saturated heterocycles. The van der Waals surface area contributed by atoms with Crippen molar-refractivity contribution in [1.82, 2.24) is 0 Å². The summed E-state index contributed by atoms with van der Waals surface area (Å²) in [5, 5.41) is 8.72. The quantitative estimate of drug-likeness (QED) is 0.781. The van der Waals surface area contributed by atoms with Crippen LogP contribution in [0.25, 0.3) is 0 Å². The average Bonchev–Trinajstić information content (AvgIpc) is 2.38. The van der Waals surface area contributed by atoms with Crippen LogP contribution >= 0.6 is 0 Å². The summed E-state index contributed by atoms with van der Waals surface area (Å²) in [5.74, 6) is 6.03. The summed E-state index contributed by atoms with van der Waals surface area (Å²) in [5.41, 5.74) is 2.11. The van der Waals surface area contributed by atoms with Crippen molar-refractivity contribution in [1.29, 1.82) is 0 Å². The molecule has 1 atom stereocenters. The Kier molecular flexibility index (Phi) is 7.17. The van der Waals surface area contributed by atoms with E-state index in [1.807, 2.05) is 24.3 Å². The molecular formula is C16H22O2. The lowest BCUT2D eigenvalue weighted by Crippen LogP contribution is -2.08. The van der Waals surface area contributed by atoms with Crippen LogP contribution in [0.5, 0.6) is 0 Å². The first-order chi connectivity index (χ1) is 8.77. The largest absolute Gasteiger partial charge is 0.395 e. The van der Waals surface area contributed by atoms with Gasteiger partial charge in [0.2, 0.25) is 0 Å². The molecular weight excluding hydrogens is 224 g/mol. The van der Waals surface area contributed by atoms with Crippen LogP contribution in [0.1, 0.15) is 44.2 Å². The second-order valence-electron chi connectivity index (χ2n) is 4.34. The van der Waals surface area contributed by atoms with Gasteiger partial charge in [-0.3, -0.25) is 0 Å². The van der Waals surface area contributed by atoms with Crippen molar-refractivity contribution in [2.24, 2.45) is 0 Å². The van der Waals surface area contributed by atoms with Crippen molar-refractivity contribution in [2.75, 3.05) is 6.61 Å². The Morgan fingerprint density at radius 2 is 2.11 bits per heavy atom. The second-order valence-corrected chi connectivity index (χ2v) is 4.34. The Labute approximate surface area is 110 Å². The highest BCUT2D eigenvalue weighted by molar-refractivity contribution is 5.40. The summed E-state index contributed by atoms with van der Waals surface area (Å²) >= 11 is 0. The molecule has 0 radical (unpaired) electrons. The number of ether oxygens (including phenoxy) is 1. The Morgan fingerprint density at radius 3 is 2.83 bits per heavy atom. The van der Waals surface area contributed by atoms with E-state index in [1.165, 1.54) is 0 Å². The zero-order valence-electron chi connectivity index (χ0n) is 11.3. The second kappa shape index (κ2) is 8.74. The van der Waals surface area contributed by atoms with Gasteiger partial charge in [-0.25, -0.2) is 0 Å². The van der Waals surface area contributed by atoms with Crippen LogP contribution in [-0.2, 0) is 11.3 Å². The van der Waals surface area contributed by atoms with E-state index in [0.29, 0.717) is 13.0 Å². The molecule has 0 saturated carbocycles. The summed E-state index contributed by atoms with van der Waals surface area (Å²) in [6.45, 7) is 4.97. The maximum absolute atomic E-state index is 8.72. The van der Waals surface area contributed by atoms with Crippen LogP contribution in [0.15, 0.2) is 24.3 Å². The predicted octanol–water partition coefficient (Wildman–Crippen LogP) is 3.13. The van der Waals surface area contributed by atoms with E-state index >= 15 is 0 Å². The fourth-order valence-corrected chi connectivity index (χ4v) is 1.70. The number of hydrogen-bond acceptors (Lipinski definition) is 2. The minimum Gasteiger partial charge on any atom is -0.395 e. The maximum Gasteiger partial charge on any atom is 0.0732 e. The van der Waals surface area contributed by atoms with Crippen molar-refractivity contribution in [3.05, 3.63) is 35.4 Å². The third-order valence-corrected chi connectivity index (χ3v) is 2.70. The minimum atomic E-state index is 0.110. The van der Waals surface area contributed by atoms with E-state index < -0.39 is 0 Å². The van der Waals surface area contributed by atoms with Gasteiger partial charge in [-0.2, -0.15) is 0 Å². The highest BCUT2D eigenvalue weighted by Gasteiger charge is 2.03. The molecule has 0 aliphatic heterocycles. The standard InChI is InChI=1S/C16H22O2/c1-3-8-14(2)18-13-16-11-5-4-9-15(16)10-6-7-12-17/h4-5,9,11,14,17H,3,7-8,12-13H2,1-2H3. The first-order valence-electron chi connectivity index (χ1n) is 6.57. The molecule has 0 aliphatic carbocycles. The van der Waals surface area contributed by atoms with E-state index in [0.717, 1.165) is 24.0 Å². The van der Waals surface area contributed by atoms with Crippen LogP contribution in [0.2, 0.25) is 0 Å². The molecule has 0 bridgehead atoms. The smallest absolute Gasteiger partial charge is 0.0732 e. The van der Waals surface area contributed by atoms with Crippen molar-refractivity contribution in [2.45, 2.75) is 45.8 Å². The van der Waals surface area contributed by atoms with Crippen molar-refractivity contribution >= 4 is 0 Å². The number of aliphatic hydroxyl groups excluding tert-OH is 1. The monoisotopic (exact) mass is 246 g/mol. The third kappa shape index (κ3) is 5.35. The molecule has 1 rings (SSSR count). The summed E-state index contributed by atoms with van der Waals surface area (Å²) in [6, 6.07) is 8.01.